The Morgan fingerprint density at radius 2 is 1.48 bits per heavy atom. The van der Waals surface area contributed by atoms with Crippen LogP contribution in [0.4, 0.5) is 4.79 Å². The van der Waals surface area contributed by atoms with Gasteiger partial charge in [0.25, 0.3) is 5.91 Å². The molecule has 0 aliphatic carbocycles. The number of imide groups is 1. The van der Waals surface area contributed by atoms with Crippen LogP contribution in [-0.2, 0) is 9.63 Å². The van der Waals surface area contributed by atoms with Gasteiger partial charge < -0.3 is 10.4 Å². The van der Waals surface area contributed by atoms with Crippen LogP contribution < -0.4 is 5.32 Å². The van der Waals surface area contributed by atoms with Crippen LogP contribution in [0.3, 0.4) is 0 Å². The van der Waals surface area contributed by atoms with E-state index in [2.05, 4.69) is 10.2 Å². The van der Waals surface area contributed by atoms with Crippen molar-refractivity contribution in [2.45, 2.75) is 6.04 Å². The van der Waals surface area contributed by atoms with Gasteiger partial charge in [-0.2, -0.15) is 4.58 Å². The van der Waals surface area contributed by atoms with Crippen LogP contribution in [0.1, 0.15) is 17.2 Å². The first-order chi connectivity index (χ1) is 14.9. The standard InChI is InChI=1S/C21H20Cl2N4O4/c22-16-5-1-14(2-6-16)19(15-3-7-17(23)8-4-15)25-9-11-26(12-10-25)21(30)31-27-18(28)13-24-20(27)29/h1-8,19H,9-13H2,(H,24,29)/p+1. The van der Waals surface area contributed by atoms with Crippen molar-refractivity contribution in [2.75, 3.05) is 32.7 Å². The number of hydroxylamine groups is 2. The summed E-state index contributed by atoms with van der Waals surface area (Å²) in [5.74, 6) is -0.555. The number of benzene rings is 2. The Labute approximate surface area is 189 Å². The van der Waals surface area contributed by atoms with Crippen LogP contribution in [0.2, 0.25) is 10.0 Å². The zero-order valence-electron chi connectivity index (χ0n) is 16.5. The molecule has 2 aromatic rings. The van der Waals surface area contributed by atoms with Crippen molar-refractivity contribution in [3.63, 3.8) is 0 Å². The predicted molar refractivity (Wildman–Crippen MR) is 115 cm³/mol. The van der Waals surface area contributed by atoms with Crippen molar-refractivity contribution in [2.24, 2.45) is 0 Å². The summed E-state index contributed by atoms with van der Waals surface area (Å²) in [4.78, 5) is 30.6. The minimum Gasteiger partial charge on any atom is -0.428 e. The molecule has 2 saturated heterocycles. The van der Waals surface area contributed by atoms with E-state index in [-0.39, 0.29) is 12.6 Å². The number of piperazine rings is 1. The number of halogens is 2. The van der Waals surface area contributed by atoms with Crippen LogP contribution in [0, 0.1) is 0 Å². The van der Waals surface area contributed by atoms with Crippen molar-refractivity contribution in [3.05, 3.63) is 69.7 Å². The molecule has 2 fully saturated rings. The van der Waals surface area contributed by atoms with Gasteiger partial charge in [0, 0.05) is 10.0 Å². The average molecular weight is 464 g/mol. The van der Waals surface area contributed by atoms with Gasteiger partial charge in [-0.05, 0) is 35.4 Å². The molecule has 0 bridgehead atoms. The van der Waals surface area contributed by atoms with Gasteiger partial charge in [-0.25, -0.2) is 4.79 Å². The smallest absolute Gasteiger partial charge is 0.428 e. The molecule has 0 aromatic heterocycles. The maximum atomic E-state index is 11.7. The fourth-order valence-corrected chi connectivity index (χ4v) is 3.97. The molecular weight excluding hydrogens is 443 g/mol. The normalized spacial score (nSPS) is 17.3. The summed E-state index contributed by atoms with van der Waals surface area (Å²) in [6.07, 6.45) is -0.473. The highest BCUT2D eigenvalue weighted by atomic mass is 35.5. The van der Waals surface area contributed by atoms with E-state index < -0.39 is 18.0 Å². The average Bonchev–Trinajstić information content (AvgIpc) is 3.09. The molecule has 0 saturated carbocycles. The van der Waals surface area contributed by atoms with Gasteiger partial charge in [-0.3, -0.25) is 14.5 Å². The molecule has 0 spiro atoms. The van der Waals surface area contributed by atoms with E-state index in [1.807, 2.05) is 48.5 Å². The molecule has 0 unspecified atom stereocenters. The van der Waals surface area contributed by atoms with E-state index in [4.69, 9.17) is 28.0 Å². The molecule has 4 rings (SSSR count). The summed E-state index contributed by atoms with van der Waals surface area (Å²) in [6, 6.07) is 14.7. The Hall–Kier alpha value is -2.81. The van der Waals surface area contributed by atoms with E-state index in [1.54, 1.807) is 4.58 Å². The number of urea groups is 1. The number of carbonyl (C=O) groups is 2. The highest BCUT2D eigenvalue weighted by Crippen LogP contribution is 2.31. The van der Waals surface area contributed by atoms with Gasteiger partial charge in [0.15, 0.2) is 13.1 Å². The summed E-state index contributed by atoms with van der Waals surface area (Å²) in [7, 11) is 0. The van der Waals surface area contributed by atoms with E-state index in [0.717, 1.165) is 11.1 Å². The molecule has 2 aliphatic rings. The molecule has 3 amide bonds. The largest absolute Gasteiger partial charge is 0.572 e. The van der Waals surface area contributed by atoms with Gasteiger partial charge in [0.1, 0.15) is 6.54 Å². The first-order valence-corrected chi connectivity index (χ1v) is 10.5. The number of rotatable bonds is 4. The number of nitrogens with one attached hydrogen (secondary N) is 1. The number of carbonyl (C=O) groups excluding carboxylic acids is 2. The first kappa shape index (κ1) is 21.4. The lowest BCUT2D eigenvalue weighted by Crippen LogP contribution is -2.47. The summed E-state index contributed by atoms with van der Waals surface area (Å²) in [5.41, 5.74) is 2.17. The molecular formula is C21H21Cl2N4O4+. The third-order valence-corrected chi connectivity index (χ3v) is 5.80. The number of nitrogens with zero attached hydrogens (tertiary/aromatic N) is 3. The maximum absolute atomic E-state index is 11.7. The van der Waals surface area contributed by atoms with Crippen molar-refractivity contribution in [1.82, 2.24) is 15.3 Å². The van der Waals surface area contributed by atoms with Gasteiger partial charge in [-0.1, -0.05) is 52.5 Å². The maximum Gasteiger partial charge on any atom is 0.572 e. The topological polar surface area (TPSA) is 85.1 Å². The van der Waals surface area contributed by atoms with Gasteiger partial charge in [0.05, 0.1) is 19.1 Å². The summed E-state index contributed by atoms with van der Waals surface area (Å²) in [5, 5.41) is 14.5. The number of aliphatic hydroxyl groups excluding tert-OH is 1. The summed E-state index contributed by atoms with van der Waals surface area (Å²) in [6.45, 7) is 1.98. The van der Waals surface area contributed by atoms with E-state index in [1.165, 1.54) is 0 Å². The van der Waals surface area contributed by atoms with Crippen LogP contribution in [0.5, 0.6) is 0 Å². The molecule has 2 aromatic carbocycles. The lowest BCUT2D eigenvalue weighted by molar-refractivity contribution is -0.559. The van der Waals surface area contributed by atoms with Crippen molar-refractivity contribution in [3.8, 4) is 0 Å². The molecule has 162 valence electrons. The van der Waals surface area contributed by atoms with Crippen LogP contribution in [0.15, 0.2) is 48.5 Å². The SMILES string of the molecule is O=C1CNC(=O)N1OC(O)=[N+]1CCN(C(c2ccc(Cl)cc2)c2ccc(Cl)cc2)CC1. The fraction of sp³-hybridized carbons (Fsp3) is 0.286. The lowest BCUT2D eigenvalue weighted by atomic mass is 9.96. The summed E-state index contributed by atoms with van der Waals surface area (Å²) >= 11 is 12.1. The molecule has 0 atom stereocenters. The zero-order valence-corrected chi connectivity index (χ0v) is 18.0. The van der Waals surface area contributed by atoms with Crippen molar-refractivity contribution >= 4 is 41.2 Å². The number of hydrogen-bond donors (Lipinski definition) is 2. The van der Waals surface area contributed by atoms with Crippen LogP contribution in [0.25, 0.3) is 0 Å². The fourth-order valence-electron chi connectivity index (χ4n) is 3.72. The molecule has 2 aliphatic heterocycles. The monoisotopic (exact) mass is 463 g/mol. The van der Waals surface area contributed by atoms with Gasteiger partial charge in [0.2, 0.25) is 0 Å². The molecule has 31 heavy (non-hydrogen) atoms. The van der Waals surface area contributed by atoms with Crippen molar-refractivity contribution < 1.29 is 24.1 Å². The quantitative estimate of drug-likeness (QED) is 0.413. The number of aliphatic hydroxyl groups is 1. The molecule has 2 heterocycles. The molecule has 2 N–H and O–H groups in total. The number of hydrogen-bond acceptors (Lipinski definition) is 4. The Kier molecular flexibility index (Phi) is 6.31. The van der Waals surface area contributed by atoms with Crippen LogP contribution in [-0.4, -0.2) is 70.4 Å². The van der Waals surface area contributed by atoms with E-state index in [9.17, 15) is 14.7 Å². The molecule has 10 heteroatoms. The second kappa shape index (κ2) is 9.13. The van der Waals surface area contributed by atoms with Crippen molar-refractivity contribution in [1.29, 1.82) is 0 Å². The Morgan fingerprint density at radius 3 is 1.94 bits per heavy atom. The Bertz CT molecular complexity index is 940. The van der Waals surface area contributed by atoms with E-state index >= 15 is 0 Å². The third kappa shape index (κ3) is 4.76. The zero-order chi connectivity index (χ0) is 22.0. The predicted octanol–water partition coefficient (Wildman–Crippen LogP) is 2.81. The van der Waals surface area contributed by atoms with Gasteiger partial charge >= 0.3 is 12.1 Å². The Balaban J connectivity index is 1.52. The lowest BCUT2D eigenvalue weighted by Gasteiger charge is -2.33. The minimum atomic E-state index is -0.694. The highest BCUT2D eigenvalue weighted by molar-refractivity contribution is 6.30. The molecule has 0 radical (unpaired) electrons. The van der Waals surface area contributed by atoms with Gasteiger partial charge in [-0.15, -0.1) is 0 Å². The number of amides is 3. The highest BCUT2D eigenvalue weighted by Gasteiger charge is 2.36. The van der Waals surface area contributed by atoms with Crippen LogP contribution >= 0.6 is 23.2 Å². The second-order valence-corrected chi connectivity index (χ2v) is 8.12. The second-order valence-electron chi connectivity index (χ2n) is 7.25. The van der Waals surface area contributed by atoms with E-state index in [0.29, 0.717) is 41.3 Å². The third-order valence-electron chi connectivity index (χ3n) is 5.30. The molecule has 8 nitrogen and oxygen atoms in total. The summed E-state index contributed by atoms with van der Waals surface area (Å²) < 4.78 is 1.59. The Morgan fingerprint density at radius 1 is 0.968 bits per heavy atom. The first-order valence-electron chi connectivity index (χ1n) is 9.77. The minimum absolute atomic E-state index is 0.0225.